The number of hydrogen-bond acceptors (Lipinski definition) is 2. The highest BCUT2D eigenvalue weighted by Gasteiger charge is 2.21. The topological polar surface area (TPSA) is 26.3 Å². The van der Waals surface area contributed by atoms with Gasteiger partial charge in [0.05, 0.1) is 12.2 Å². The van der Waals surface area contributed by atoms with Crippen LogP contribution >= 0.6 is 0 Å². The van der Waals surface area contributed by atoms with Gasteiger partial charge >= 0.3 is 5.97 Å². The van der Waals surface area contributed by atoms with Crippen molar-refractivity contribution in [3.8, 4) is 0 Å². The highest BCUT2D eigenvalue weighted by Crippen LogP contribution is 2.36. The van der Waals surface area contributed by atoms with Crippen LogP contribution in [0.2, 0.25) is 0 Å². The third-order valence-corrected chi connectivity index (χ3v) is 4.16. The molecule has 2 unspecified atom stereocenters. The molecule has 126 valence electrons. The van der Waals surface area contributed by atoms with Crippen LogP contribution in [0.5, 0.6) is 0 Å². The molecule has 24 heavy (non-hydrogen) atoms. The Morgan fingerprint density at radius 2 is 1.58 bits per heavy atom. The molecule has 0 spiro atoms. The molecule has 3 rings (SSSR count). The maximum absolute atomic E-state index is 11.7. The molecule has 2 nitrogen and oxygen atoms in total. The fourth-order valence-electron chi connectivity index (χ4n) is 3.00. The zero-order valence-electron chi connectivity index (χ0n) is 15.0. The lowest BCUT2D eigenvalue weighted by Gasteiger charge is -2.26. The van der Waals surface area contributed by atoms with E-state index in [-0.39, 0.29) is 5.97 Å². The normalized spacial score (nSPS) is 21.0. The van der Waals surface area contributed by atoms with Gasteiger partial charge in [0.1, 0.15) is 0 Å². The summed E-state index contributed by atoms with van der Waals surface area (Å²) in [7, 11) is 0. The Balaban J connectivity index is 0.00000100. The van der Waals surface area contributed by atoms with Crippen molar-refractivity contribution in [2.75, 3.05) is 6.61 Å². The number of allylic oxidation sites excluding steroid dienone is 8. The van der Waals surface area contributed by atoms with Gasteiger partial charge in [-0.15, -0.1) is 0 Å². The van der Waals surface area contributed by atoms with Crippen LogP contribution in [0.4, 0.5) is 0 Å². The van der Waals surface area contributed by atoms with Gasteiger partial charge in [-0.1, -0.05) is 62.4 Å². The average molecular weight is 322 g/mol. The van der Waals surface area contributed by atoms with Gasteiger partial charge in [0, 0.05) is 11.8 Å². The highest BCUT2D eigenvalue weighted by atomic mass is 16.5. The van der Waals surface area contributed by atoms with E-state index in [0.717, 1.165) is 5.56 Å². The van der Waals surface area contributed by atoms with Gasteiger partial charge in [0.25, 0.3) is 0 Å². The molecule has 0 radical (unpaired) electrons. The van der Waals surface area contributed by atoms with E-state index in [1.807, 2.05) is 45.0 Å². The molecule has 0 aromatic heterocycles. The van der Waals surface area contributed by atoms with Crippen LogP contribution in [0.1, 0.15) is 43.6 Å². The minimum atomic E-state index is -0.264. The van der Waals surface area contributed by atoms with Crippen LogP contribution in [0.15, 0.2) is 66.3 Å². The highest BCUT2D eigenvalue weighted by molar-refractivity contribution is 5.90. The Labute approximate surface area is 145 Å². The summed E-state index contributed by atoms with van der Waals surface area (Å²) in [6.45, 7) is 8.36. The average Bonchev–Trinajstić information content (AvgIpc) is 2.63. The van der Waals surface area contributed by atoms with E-state index in [2.05, 4.69) is 43.4 Å². The first-order valence-electron chi connectivity index (χ1n) is 8.72. The lowest BCUT2D eigenvalue weighted by atomic mass is 9.78. The maximum Gasteiger partial charge on any atom is 0.338 e. The van der Waals surface area contributed by atoms with Gasteiger partial charge in [-0.05, 0) is 42.7 Å². The van der Waals surface area contributed by atoms with E-state index >= 15 is 0 Å². The number of esters is 1. The standard InChI is InChI=1S/C20H20O2.C2H6/c1-3-22-20(21)16-10-8-15(9-11-16)19-13-18-7-5-4-6-17(18)12-14(19)2;1-2/h4-13,17-18H,3H2,1-2H3;1-2H3. The van der Waals surface area contributed by atoms with Gasteiger partial charge in [-0.2, -0.15) is 0 Å². The summed E-state index contributed by atoms with van der Waals surface area (Å²) < 4.78 is 5.02. The summed E-state index contributed by atoms with van der Waals surface area (Å²) in [5.41, 5.74) is 4.27. The van der Waals surface area contributed by atoms with Crippen LogP contribution in [-0.4, -0.2) is 12.6 Å². The zero-order chi connectivity index (χ0) is 17.5. The number of benzene rings is 1. The van der Waals surface area contributed by atoms with Crippen LogP contribution in [0, 0.1) is 11.8 Å². The van der Waals surface area contributed by atoms with Crippen molar-refractivity contribution in [2.24, 2.45) is 11.8 Å². The van der Waals surface area contributed by atoms with Crippen molar-refractivity contribution in [1.82, 2.24) is 0 Å². The summed E-state index contributed by atoms with van der Waals surface area (Å²) in [6, 6.07) is 7.67. The van der Waals surface area contributed by atoms with Gasteiger partial charge in [-0.3, -0.25) is 0 Å². The first kappa shape index (κ1) is 18.0. The van der Waals surface area contributed by atoms with E-state index in [9.17, 15) is 4.79 Å². The molecular formula is C22H26O2. The van der Waals surface area contributed by atoms with Crippen LogP contribution in [0.3, 0.4) is 0 Å². The fourth-order valence-corrected chi connectivity index (χ4v) is 3.00. The van der Waals surface area contributed by atoms with E-state index in [1.54, 1.807) is 0 Å². The van der Waals surface area contributed by atoms with Crippen molar-refractivity contribution in [1.29, 1.82) is 0 Å². The Hall–Kier alpha value is -2.35. The number of fused-ring (bicyclic) bond motifs is 1. The summed E-state index contributed by atoms with van der Waals surface area (Å²) in [5, 5.41) is 0. The van der Waals surface area contributed by atoms with Crippen molar-refractivity contribution < 1.29 is 9.53 Å². The van der Waals surface area contributed by atoms with E-state index in [0.29, 0.717) is 24.0 Å². The number of rotatable bonds is 3. The molecule has 1 aromatic rings. The lowest BCUT2D eigenvalue weighted by molar-refractivity contribution is 0.0526. The van der Waals surface area contributed by atoms with Crippen molar-refractivity contribution in [2.45, 2.75) is 27.7 Å². The van der Waals surface area contributed by atoms with Crippen molar-refractivity contribution >= 4 is 11.5 Å². The molecule has 0 saturated heterocycles. The van der Waals surface area contributed by atoms with Crippen LogP contribution < -0.4 is 0 Å². The Bertz CT molecular complexity index is 687. The molecule has 0 saturated carbocycles. The first-order valence-corrected chi connectivity index (χ1v) is 8.72. The molecule has 0 bridgehead atoms. The second-order valence-electron chi connectivity index (χ2n) is 5.65. The molecule has 0 amide bonds. The number of hydrogen-bond donors (Lipinski definition) is 0. The molecular weight excluding hydrogens is 296 g/mol. The van der Waals surface area contributed by atoms with Crippen LogP contribution in [-0.2, 0) is 4.74 Å². The lowest BCUT2D eigenvalue weighted by Crippen LogP contribution is -2.13. The molecule has 0 heterocycles. The van der Waals surface area contributed by atoms with Crippen LogP contribution in [0.25, 0.3) is 5.57 Å². The van der Waals surface area contributed by atoms with Gasteiger partial charge < -0.3 is 4.74 Å². The molecule has 0 fully saturated rings. The summed E-state index contributed by atoms with van der Waals surface area (Å²) in [5.74, 6) is 0.625. The van der Waals surface area contributed by atoms with Gasteiger partial charge in [0.15, 0.2) is 0 Å². The Morgan fingerprint density at radius 3 is 2.17 bits per heavy atom. The Kier molecular flexibility index (Phi) is 6.36. The molecule has 0 aliphatic heterocycles. The van der Waals surface area contributed by atoms with E-state index in [1.165, 1.54) is 11.1 Å². The first-order chi connectivity index (χ1) is 11.7. The molecule has 2 aliphatic rings. The smallest absolute Gasteiger partial charge is 0.338 e. The molecule has 2 heteroatoms. The molecule has 2 atom stereocenters. The SMILES string of the molecule is CC.CCOC(=O)c1ccc(C2=CC3C=CC=CC3C=C2C)cc1. The minimum absolute atomic E-state index is 0.264. The monoisotopic (exact) mass is 322 g/mol. The predicted molar refractivity (Wildman–Crippen MR) is 101 cm³/mol. The second kappa shape index (κ2) is 8.49. The maximum atomic E-state index is 11.7. The summed E-state index contributed by atoms with van der Waals surface area (Å²) in [6.07, 6.45) is 13.3. The third-order valence-electron chi connectivity index (χ3n) is 4.16. The zero-order valence-corrected chi connectivity index (χ0v) is 15.0. The molecule has 2 aliphatic carbocycles. The predicted octanol–water partition coefficient (Wildman–Crippen LogP) is 5.59. The van der Waals surface area contributed by atoms with Crippen molar-refractivity contribution in [3.63, 3.8) is 0 Å². The molecule has 1 aromatic carbocycles. The van der Waals surface area contributed by atoms with Crippen molar-refractivity contribution in [3.05, 3.63) is 77.4 Å². The minimum Gasteiger partial charge on any atom is -0.462 e. The van der Waals surface area contributed by atoms with E-state index < -0.39 is 0 Å². The fraction of sp³-hybridized carbons (Fsp3) is 0.318. The number of carbonyl (C=O) groups is 1. The largest absolute Gasteiger partial charge is 0.462 e. The number of ether oxygens (including phenoxy) is 1. The Morgan fingerprint density at radius 1 is 1.00 bits per heavy atom. The van der Waals surface area contributed by atoms with Gasteiger partial charge in [-0.25, -0.2) is 4.79 Å². The van der Waals surface area contributed by atoms with Gasteiger partial charge in [0.2, 0.25) is 0 Å². The number of carbonyl (C=O) groups excluding carboxylic acids is 1. The second-order valence-corrected chi connectivity index (χ2v) is 5.65. The third kappa shape index (κ3) is 3.94. The molecule has 0 N–H and O–H groups in total. The summed E-state index contributed by atoms with van der Waals surface area (Å²) in [4.78, 5) is 11.7. The summed E-state index contributed by atoms with van der Waals surface area (Å²) >= 11 is 0. The van der Waals surface area contributed by atoms with E-state index in [4.69, 9.17) is 4.74 Å². The quantitative estimate of drug-likeness (QED) is 0.678.